The average molecular weight is 551 g/mol. The van der Waals surface area contributed by atoms with Gasteiger partial charge in [-0.25, -0.2) is 4.98 Å². The van der Waals surface area contributed by atoms with Crippen LogP contribution in [0.1, 0.15) is 44.3 Å². The highest BCUT2D eigenvalue weighted by Crippen LogP contribution is 2.39. The Morgan fingerprint density at radius 1 is 1.05 bits per heavy atom. The summed E-state index contributed by atoms with van der Waals surface area (Å²) in [5.41, 5.74) is 3.35. The summed E-state index contributed by atoms with van der Waals surface area (Å²) in [7, 11) is 1.95. The Morgan fingerprint density at radius 2 is 1.82 bits per heavy atom. The molecule has 0 aliphatic carbocycles. The number of piperidine rings is 1. The lowest BCUT2D eigenvalue weighted by Crippen LogP contribution is -2.51. The van der Waals surface area contributed by atoms with Gasteiger partial charge in [0.1, 0.15) is 23.4 Å². The number of aromatic nitrogens is 4. The summed E-state index contributed by atoms with van der Waals surface area (Å²) >= 11 is 12.6. The molecule has 1 atom stereocenters. The van der Waals surface area contributed by atoms with Gasteiger partial charge < -0.3 is 14.5 Å². The molecule has 1 N–H and O–H groups in total. The lowest BCUT2D eigenvalue weighted by Gasteiger charge is -2.43. The van der Waals surface area contributed by atoms with Gasteiger partial charge in [0.15, 0.2) is 0 Å². The molecular formula is C28H28Cl2N6O2. The van der Waals surface area contributed by atoms with Gasteiger partial charge >= 0.3 is 0 Å². The zero-order valence-corrected chi connectivity index (χ0v) is 22.8. The first-order valence-electron chi connectivity index (χ1n) is 12.8. The Hall–Kier alpha value is -3.36. The molecule has 10 heteroatoms. The van der Waals surface area contributed by atoms with E-state index in [2.05, 4.69) is 26.1 Å². The van der Waals surface area contributed by atoms with Crippen LogP contribution in [0.25, 0.3) is 22.2 Å². The molecule has 1 amide bonds. The maximum atomic E-state index is 12.1. The molecule has 0 radical (unpaired) electrons. The summed E-state index contributed by atoms with van der Waals surface area (Å²) in [4.78, 5) is 25.1. The fourth-order valence-electron chi connectivity index (χ4n) is 5.75. The summed E-state index contributed by atoms with van der Waals surface area (Å²) in [6.45, 7) is 3.68. The molecule has 1 aromatic carbocycles. The number of carbonyl (C=O) groups is 1. The Morgan fingerprint density at radius 3 is 2.47 bits per heavy atom. The van der Waals surface area contributed by atoms with E-state index in [0.717, 1.165) is 60.3 Å². The van der Waals surface area contributed by atoms with Gasteiger partial charge in [-0.1, -0.05) is 23.2 Å². The van der Waals surface area contributed by atoms with E-state index in [4.69, 9.17) is 32.9 Å². The van der Waals surface area contributed by atoms with Gasteiger partial charge in [0.2, 0.25) is 5.91 Å². The van der Waals surface area contributed by atoms with Gasteiger partial charge in [-0.05, 0) is 56.5 Å². The maximum absolute atomic E-state index is 12.1. The van der Waals surface area contributed by atoms with Gasteiger partial charge in [0.05, 0.1) is 15.6 Å². The molecule has 0 bridgehead atoms. The van der Waals surface area contributed by atoms with Gasteiger partial charge in [-0.3, -0.25) is 14.9 Å². The fourth-order valence-corrected chi connectivity index (χ4v) is 6.42. The molecular weight excluding hydrogens is 523 g/mol. The van der Waals surface area contributed by atoms with Crippen molar-refractivity contribution in [1.29, 1.82) is 0 Å². The first-order chi connectivity index (χ1) is 18.3. The Balaban J connectivity index is 1.19. The van der Waals surface area contributed by atoms with Crippen molar-refractivity contribution in [1.82, 2.24) is 25.1 Å². The predicted octanol–water partition coefficient (Wildman–Crippen LogP) is 6.06. The Kier molecular flexibility index (Phi) is 6.40. The number of nitrogens with one attached hydrogen (secondary N) is 1. The summed E-state index contributed by atoms with van der Waals surface area (Å²) in [6.07, 6.45) is 8.20. The molecule has 2 saturated heterocycles. The minimum absolute atomic E-state index is 0.0207. The van der Waals surface area contributed by atoms with Crippen molar-refractivity contribution in [3.05, 3.63) is 64.5 Å². The van der Waals surface area contributed by atoms with E-state index in [-0.39, 0.29) is 17.6 Å². The second-order valence-electron chi connectivity index (χ2n) is 10.1. The third kappa shape index (κ3) is 4.35. The molecule has 1 unspecified atom stereocenters. The zero-order valence-electron chi connectivity index (χ0n) is 21.2. The number of rotatable bonds is 5. The van der Waals surface area contributed by atoms with Gasteiger partial charge in [0.25, 0.3) is 0 Å². The average Bonchev–Trinajstić information content (AvgIpc) is 3.46. The van der Waals surface area contributed by atoms with E-state index in [1.165, 1.54) is 0 Å². The summed E-state index contributed by atoms with van der Waals surface area (Å²) in [6, 6.07) is 9.90. The normalized spacial score (nSPS) is 17.9. The third-order valence-corrected chi connectivity index (χ3v) is 8.68. The highest BCUT2D eigenvalue weighted by Gasteiger charge is 2.45. The van der Waals surface area contributed by atoms with Crippen LogP contribution >= 0.6 is 23.2 Å². The summed E-state index contributed by atoms with van der Waals surface area (Å²) < 4.78 is 6.20. The molecule has 3 aromatic heterocycles. The molecule has 8 nitrogen and oxygen atoms in total. The minimum Gasteiger partial charge on any atom is -0.486 e. The molecule has 0 saturated carbocycles. The van der Waals surface area contributed by atoms with Crippen molar-refractivity contribution in [3.8, 4) is 17.0 Å². The number of carbonyl (C=O) groups excluding carboxylic acids is 1. The fraction of sp³-hybridized carbons (Fsp3) is 0.357. The number of hydrogen-bond donors (Lipinski definition) is 1. The van der Waals surface area contributed by atoms with Crippen molar-refractivity contribution in [2.75, 3.05) is 25.0 Å². The quantitative estimate of drug-likeness (QED) is 0.325. The van der Waals surface area contributed by atoms with Crippen molar-refractivity contribution in [2.45, 2.75) is 44.2 Å². The predicted molar refractivity (Wildman–Crippen MR) is 149 cm³/mol. The lowest BCUT2D eigenvalue weighted by molar-refractivity contribution is -0.130. The van der Waals surface area contributed by atoms with E-state index >= 15 is 0 Å². The monoisotopic (exact) mass is 550 g/mol. The highest BCUT2D eigenvalue weighted by atomic mass is 35.5. The van der Waals surface area contributed by atoms with Gasteiger partial charge in [-0.15, -0.1) is 0 Å². The van der Waals surface area contributed by atoms with E-state index in [1.807, 2.05) is 49.3 Å². The van der Waals surface area contributed by atoms with Crippen molar-refractivity contribution >= 4 is 45.8 Å². The van der Waals surface area contributed by atoms with E-state index in [1.54, 1.807) is 12.4 Å². The molecule has 6 rings (SSSR count). The molecule has 38 heavy (non-hydrogen) atoms. The van der Waals surface area contributed by atoms with Crippen LogP contribution in [-0.2, 0) is 4.79 Å². The van der Waals surface area contributed by atoms with Crippen molar-refractivity contribution in [2.24, 2.45) is 0 Å². The topological polar surface area (TPSA) is 87.2 Å². The summed E-state index contributed by atoms with van der Waals surface area (Å²) in [5, 5.41) is 9.53. The maximum Gasteiger partial charge on any atom is 0.222 e. The number of nitrogens with zero attached hydrogens (tertiary/aromatic N) is 5. The number of amides is 1. The number of likely N-dealkylation sites (tertiary alicyclic amines) is 1. The van der Waals surface area contributed by atoms with Crippen molar-refractivity contribution in [3.63, 3.8) is 0 Å². The SMILES string of the molecule is CC(Oc1ccc2[nH]nc(-c3ccc(N4CCC5(CCC(=O)N5C)CC4)nc3)c2c1)c1c(Cl)cncc1Cl. The van der Waals surface area contributed by atoms with E-state index in [9.17, 15) is 4.79 Å². The summed E-state index contributed by atoms with van der Waals surface area (Å²) in [5.74, 6) is 1.89. The number of pyridine rings is 2. The molecule has 196 valence electrons. The van der Waals surface area contributed by atoms with E-state index < -0.39 is 0 Å². The number of halogens is 2. The minimum atomic E-state index is -0.363. The first kappa shape index (κ1) is 24.9. The number of aromatic amines is 1. The smallest absolute Gasteiger partial charge is 0.222 e. The second kappa shape index (κ2) is 9.75. The molecule has 2 fully saturated rings. The van der Waals surface area contributed by atoms with Crippen LogP contribution in [0.3, 0.4) is 0 Å². The number of ether oxygens (including phenoxy) is 1. The number of H-pyrrole nitrogens is 1. The Bertz CT molecular complexity index is 1480. The molecule has 1 spiro atoms. The second-order valence-corrected chi connectivity index (χ2v) is 10.9. The number of anilines is 1. The third-order valence-electron chi connectivity index (χ3n) is 8.07. The first-order valence-corrected chi connectivity index (χ1v) is 13.5. The van der Waals surface area contributed by atoms with Crippen LogP contribution in [0, 0.1) is 0 Å². The van der Waals surface area contributed by atoms with Crippen molar-refractivity contribution < 1.29 is 9.53 Å². The molecule has 4 aromatic rings. The zero-order chi connectivity index (χ0) is 26.4. The van der Waals surface area contributed by atoms with Crippen LogP contribution in [-0.4, -0.2) is 56.6 Å². The van der Waals surface area contributed by atoms with Crippen LogP contribution in [0.5, 0.6) is 5.75 Å². The van der Waals surface area contributed by atoms with Crippen LogP contribution < -0.4 is 9.64 Å². The lowest BCUT2D eigenvalue weighted by atomic mass is 9.85. The Labute approximate surface area is 230 Å². The number of hydrogen-bond acceptors (Lipinski definition) is 6. The molecule has 2 aliphatic rings. The van der Waals surface area contributed by atoms with Crippen LogP contribution in [0.4, 0.5) is 5.82 Å². The number of fused-ring (bicyclic) bond motifs is 1. The highest BCUT2D eigenvalue weighted by molar-refractivity contribution is 6.35. The van der Waals surface area contributed by atoms with E-state index in [0.29, 0.717) is 27.8 Å². The van der Waals surface area contributed by atoms with Crippen LogP contribution in [0.15, 0.2) is 48.9 Å². The standard InChI is InChI=1S/C28H28Cl2N6O2/c1-17(26-21(29)15-31-16-22(26)30)38-19-4-5-23-20(13-19)27(34-33-23)18-3-6-24(32-14-18)36-11-9-28(10-12-36)8-7-25(37)35(28)2/h3-6,13-17H,7-12H2,1-2H3,(H,33,34). The molecule has 2 aliphatic heterocycles. The number of benzene rings is 1. The van der Waals surface area contributed by atoms with Crippen LogP contribution in [0.2, 0.25) is 10.0 Å². The van der Waals surface area contributed by atoms with Gasteiger partial charge in [-0.2, -0.15) is 5.10 Å². The van der Waals surface area contributed by atoms with Gasteiger partial charge in [0, 0.05) is 67.2 Å². The molecule has 5 heterocycles. The largest absolute Gasteiger partial charge is 0.486 e.